The molecule has 2 rings (SSSR count). The molecule has 1 aromatic carbocycles. The Labute approximate surface area is 150 Å². The van der Waals surface area contributed by atoms with E-state index in [4.69, 9.17) is 5.73 Å². The molecular formula is C18H27N3O3S. The van der Waals surface area contributed by atoms with Crippen LogP contribution in [0, 0.1) is 0 Å². The Balaban J connectivity index is 1.86. The molecule has 0 bridgehead atoms. The monoisotopic (exact) mass is 365 g/mol. The highest BCUT2D eigenvalue weighted by molar-refractivity contribution is 7.90. The minimum absolute atomic E-state index is 0.0529. The first-order valence-corrected chi connectivity index (χ1v) is 10.3. The molecule has 3 N–H and O–H groups in total. The van der Waals surface area contributed by atoms with E-state index in [1.165, 1.54) is 11.6 Å². The standard InChI is InChI=1S/C18H27N3O3S/c1-2-13-25(23,24)20-18(22)8-7-15-3-5-16(6-4-15)14-21-11-9-17(19)10-12-21/h3-8,17H,2,9-14,19H2,1H3,(H,20,22)/b8-7+. The number of nitrogens with one attached hydrogen (secondary N) is 1. The van der Waals surface area contributed by atoms with Gasteiger partial charge in [-0.3, -0.25) is 9.69 Å². The zero-order chi connectivity index (χ0) is 18.3. The molecule has 25 heavy (non-hydrogen) atoms. The topological polar surface area (TPSA) is 92.5 Å². The van der Waals surface area contributed by atoms with E-state index in [2.05, 4.69) is 4.90 Å². The first-order valence-electron chi connectivity index (χ1n) is 8.67. The Morgan fingerprint density at radius 2 is 1.92 bits per heavy atom. The number of carbonyl (C=O) groups is 1. The maximum atomic E-state index is 11.7. The third-order valence-electron chi connectivity index (χ3n) is 4.17. The van der Waals surface area contributed by atoms with Crippen LogP contribution in [0.2, 0.25) is 0 Å². The molecule has 138 valence electrons. The van der Waals surface area contributed by atoms with E-state index < -0.39 is 15.9 Å². The molecule has 1 heterocycles. The number of nitrogens with two attached hydrogens (primary N) is 1. The van der Waals surface area contributed by atoms with Crippen LogP contribution < -0.4 is 10.5 Å². The lowest BCUT2D eigenvalue weighted by molar-refractivity contribution is -0.114. The number of carbonyl (C=O) groups excluding carboxylic acids is 1. The summed E-state index contributed by atoms with van der Waals surface area (Å²) in [7, 11) is -3.53. The van der Waals surface area contributed by atoms with Gasteiger partial charge in [0.1, 0.15) is 0 Å². The van der Waals surface area contributed by atoms with Crippen LogP contribution in [0.5, 0.6) is 0 Å². The molecular weight excluding hydrogens is 338 g/mol. The van der Waals surface area contributed by atoms with Gasteiger partial charge in [0.2, 0.25) is 10.0 Å². The highest BCUT2D eigenvalue weighted by Gasteiger charge is 2.15. The normalized spacial score (nSPS) is 17.0. The fourth-order valence-corrected chi connectivity index (χ4v) is 3.80. The van der Waals surface area contributed by atoms with Crippen molar-refractivity contribution >= 4 is 22.0 Å². The van der Waals surface area contributed by atoms with Gasteiger partial charge in [0, 0.05) is 18.7 Å². The van der Waals surface area contributed by atoms with Crippen LogP contribution in [0.3, 0.4) is 0 Å². The van der Waals surface area contributed by atoms with Crippen molar-refractivity contribution in [2.75, 3.05) is 18.8 Å². The van der Waals surface area contributed by atoms with E-state index in [-0.39, 0.29) is 5.75 Å². The summed E-state index contributed by atoms with van der Waals surface area (Å²) in [5, 5.41) is 0. The summed E-state index contributed by atoms with van der Waals surface area (Å²) in [5.41, 5.74) is 7.98. The maximum absolute atomic E-state index is 11.7. The predicted octanol–water partition coefficient (Wildman–Crippen LogP) is 1.48. The molecule has 1 aromatic rings. The summed E-state index contributed by atoms with van der Waals surface area (Å²) < 4.78 is 25.1. The molecule has 7 heteroatoms. The van der Waals surface area contributed by atoms with Gasteiger partial charge in [-0.25, -0.2) is 13.1 Å². The minimum Gasteiger partial charge on any atom is -0.328 e. The number of benzene rings is 1. The van der Waals surface area contributed by atoms with Gasteiger partial charge in [-0.05, 0) is 49.6 Å². The van der Waals surface area contributed by atoms with Crippen molar-refractivity contribution in [1.82, 2.24) is 9.62 Å². The van der Waals surface area contributed by atoms with E-state index in [0.717, 1.165) is 38.0 Å². The zero-order valence-corrected chi connectivity index (χ0v) is 15.5. The molecule has 1 aliphatic rings. The second-order valence-electron chi connectivity index (χ2n) is 6.47. The average molecular weight is 365 g/mol. The molecule has 0 aromatic heterocycles. The van der Waals surface area contributed by atoms with Gasteiger partial charge in [0.05, 0.1) is 5.75 Å². The third kappa shape index (κ3) is 6.97. The first-order chi connectivity index (χ1) is 11.9. The van der Waals surface area contributed by atoms with Crippen molar-refractivity contribution < 1.29 is 13.2 Å². The van der Waals surface area contributed by atoms with Crippen LogP contribution in [0.1, 0.15) is 37.3 Å². The summed E-state index contributed by atoms with van der Waals surface area (Å²) in [6.45, 7) is 4.69. The predicted molar refractivity (Wildman–Crippen MR) is 100 cm³/mol. The maximum Gasteiger partial charge on any atom is 0.257 e. The van der Waals surface area contributed by atoms with Crippen molar-refractivity contribution in [3.8, 4) is 0 Å². The fourth-order valence-electron chi connectivity index (χ4n) is 2.78. The molecule has 1 amide bonds. The molecule has 1 fully saturated rings. The van der Waals surface area contributed by atoms with E-state index in [1.54, 1.807) is 13.0 Å². The van der Waals surface area contributed by atoms with Crippen LogP contribution in [0.4, 0.5) is 0 Å². The van der Waals surface area contributed by atoms with Gasteiger partial charge in [0.25, 0.3) is 5.91 Å². The molecule has 0 saturated carbocycles. The number of hydrogen-bond acceptors (Lipinski definition) is 5. The molecule has 0 radical (unpaired) electrons. The van der Waals surface area contributed by atoms with Gasteiger partial charge in [-0.2, -0.15) is 0 Å². The van der Waals surface area contributed by atoms with E-state index in [0.29, 0.717) is 12.5 Å². The molecule has 6 nitrogen and oxygen atoms in total. The van der Waals surface area contributed by atoms with E-state index >= 15 is 0 Å². The van der Waals surface area contributed by atoms with Crippen molar-refractivity contribution in [1.29, 1.82) is 0 Å². The largest absolute Gasteiger partial charge is 0.328 e. The number of sulfonamides is 1. The summed E-state index contributed by atoms with van der Waals surface area (Å²) in [4.78, 5) is 14.1. The zero-order valence-electron chi connectivity index (χ0n) is 14.6. The molecule has 0 aliphatic carbocycles. The van der Waals surface area contributed by atoms with Gasteiger partial charge >= 0.3 is 0 Å². The lowest BCUT2D eigenvalue weighted by Crippen LogP contribution is -2.39. The lowest BCUT2D eigenvalue weighted by atomic mass is 10.0. The SMILES string of the molecule is CCCS(=O)(=O)NC(=O)/C=C/c1ccc(CN2CCC(N)CC2)cc1. The fraction of sp³-hybridized carbons (Fsp3) is 0.500. The smallest absolute Gasteiger partial charge is 0.257 e. The Morgan fingerprint density at radius 3 is 2.52 bits per heavy atom. The molecule has 0 atom stereocenters. The summed E-state index contributed by atoms with van der Waals surface area (Å²) in [6.07, 6.45) is 5.40. The summed E-state index contributed by atoms with van der Waals surface area (Å²) >= 11 is 0. The van der Waals surface area contributed by atoms with Crippen LogP contribution in [0.25, 0.3) is 6.08 Å². The Morgan fingerprint density at radius 1 is 1.28 bits per heavy atom. The molecule has 1 saturated heterocycles. The average Bonchev–Trinajstić information content (AvgIpc) is 2.56. The van der Waals surface area contributed by atoms with Crippen molar-refractivity contribution in [3.63, 3.8) is 0 Å². The van der Waals surface area contributed by atoms with Gasteiger partial charge < -0.3 is 5.73 Å². The van der Waals surface area contributed by atoms with Crippen LogP contribution >= 0.6 is 0 Å². The van der Waals surface area contributed by atoms with Crippen molar-refractivity contribution in [2.24, 2.45) is 5.73 Å². The molecule has 1 aliphatic heterocycles. The van der Waals surface area contributed by atoms with Crippen molar-refractivity contribution in [2.45, 2.75) is 38.8 Å². The second kappa shape index (κ2) is 9.12. The molecule has 0 spiro atoms. The van der Waals surface area contributed by atoms with Gasteiger partial charge in [-0.1, -0.05) is 31.2 Å². The Kier molecular flexibility index (Phi) is 7.16. The lowest BCUT2D eigenvalue weighted by Gasteiger charge is -2.30. The van der Waals surface area contributed by atoms with E-state index in [9.17, 15) is 13.2 Å². The van der Waals surface area contributed by atoms with E-state index in [1.807, 2.05) is 29.0 Å². The summed E-state index contributed by atoms with van der Waals surface area (Å²) in [6, 6.07) is 8.24. The number of amides is 1. The Bertz CT molecular complexity index is 691. The Hall–Kier alpha value is -1.70. The highest BCUT2D eigenvalue weighted by Crippen LogP contribution is 2.13. The minimum atomic E-state index is -3.53. The van der Waals surface area contributed by atoms with Crippen LogP contribution in [-0.4, -0.2) is 44.1 Å². The number of nitrogens with zero attached hydrogens (tertiary/aromatic N) is 1. The third-order valence-corrected chi connectivity index (χ3v) is 5.63. The molecule has 0 unspecified atom stereocenters. The van der Waals surface area contributed by atoms with Crippen LogP contribution in [0.15, 0.2) is 30.3 Å². The number of hydrogen-bond donors (Lipinski definition) is 2. The first kappa shape index (κ1) is 19.6. The number of piperidine rings is 1. The summed E-state index contributed by atoms with van der Waals surface area (Å²) in [5.74, 6) is -0.676. The van der Waals surface area contributed by atoms with Crippen LogP contribution in [-0.2, 0) is 21.4 Å². The van der Waals surface area contributed by atoms with Crippen molar-refractivity contribution in [3.05, 3.63) is 41.5 Å². The van der Waals surface area contributed by atoms with Gasteiger partial charge in [-0.15, -0.1) is 0 Å². The quantitative estimate of drug-likeness (QED) is 0.714. The highest BCUT2D eigenvalue weighted by atomic mass is 32.2. The second-order valence-corrected chi connectivity index (χ2v) is 8.32. The van der Waals surface area contributed by atoms with Gasteiger partial charge in [0.15, 0.2) is 0 Å². The number of likely N-dealkylation sites (tertiary alicyclic amines) is 1. The number of rotatable bonds is 7.